The Kier molecular flexibility index (Phi) is 5.03. The largest absolute Gasteiger partial charge is 0.481 e. The molecule has 0 aromatic carbocycles. The number of carbonyl (C=O) groups is 1. The highest BCUT2D eigenvalue weighted by atomic mass is 32.2. The second-order valence-electron chi connectivity index (χ2n) is 5.03. The fourth-order valence-electron chi connectivity index (χ4n) is 2.41. The first-order valence-corrected chi connectivity index (χ1v) is 9.02. The molecule has 6 nitrogen and oxygen atoms in total. The van der Waals surface area contributed by atoms with Crippen LogP contribution in [0.15, 0.2) is 16.3 Å². The monoisotopic (exact) mass is 333 g/mol. The summed E-state index contributed by atoms with van der Waals surface area (Å²) in [4.78, 5) is 12.2. The zero-order valence-corrected chi connectivity index (χ0v) is 13.6. The van der Waals surface area contributed by atoms with Gasteiger partial charge in [-0.25, -0.2) is 8.42 Å². The summed E-state index contributed by atoms with van der Waals surface area (Å²) in [6.07, 6.45) is 0.617. The number of sulfonamides is 1. The summed E-state index contributed by atoms with van der Waals surface area (Å²) in [5.41, 5.74) is 0. The maximum absolute atomic E-state index is 12.8. The molecule has 1 aliphatic heterocycles. The minimum absolute atomic E-state index is 0.0548. The van der Waals surface area contributed by atoms with Gasteiger partial charge in [-0.1, -0.05) is 6.92 Å². The van der Waals surface area contributed by atoms with Gasteiger partial charge in [0, 0.05) is 11.4 Å². The molecule has 8 heteroatoms. The van der Waals surface area contributed by atoms with Gasteiger partial charge in [0.05, 0.1) is 25.2 Å². The molecular weight excluding hydrogens is 314 g/mol. The number of carboxylic acids is 1. The zero-order valence-electron chi connectivity index (χ0n) is 12.0. The molecule has 1 fully saturated rings. The van der Waals surface area contributed by atoms with E-state index >= 15 is 0 Å². The minimum atomic E-state index is -3.68. The van der Waals surface area contributed by atoms with Crippen LogP contribution in [0.3, 0.4) is 0 Å². The van der Waals surface area contributed by atoms with Gasteiger partial charge in [0.25, 0.3) is 10.0 Å². The number of hydrogen-bond donors (Lipinski definition) is 1. The molecule has 2 heterocycles. The second-order valence-corrected chi connectivity index (χ2v) is 8.44. The van der Waals surface area contributed by atoms with E-state index in [0.717, 1.165) is 4.88 Å². The summed E-state index contributed by atoms with van der Waals surface area (Å²) < 4.78 is 32.3. The van der Waals surface area contributed by atoms with E-state index in [1.165, 1.54) is 15.6 Å². The molecule has 0 bridgehead atoms. The molecule has 1 saturated heterocycles. The fourth-order valence-corrected chi connectivity index (χ4v) is 5.56. The highest BCUT2D eigenvalue weighted by Crippen LogP contribution is 2.30. The van der Waals surface area contributed by atoms with Gasteiger partial charge >= 0.3 is 5.97 Å². The predicted octanol–water partition coefficient (Wildman–Crippen LogP) is 1.56. The van der Waals surface area contributed by atoms with Crippen LogP contribution in [0, 0.1) is 12.8 Å². The van der Waals surface area contributed by atoms with Crippen molar-refractivity contribution in [3.8, 4) is 0 Å². The van der Waals surface area contributed by atoms with Crippen molar-refractivity contribution in [3.05, 3.63) is 17.0 Å². The van der Waals surface area contributed by atoms with Crippen LogP contribution in [-0.2, 0) is 19.6 Å². The van der Waals surface area contributed by atoms with Gasteiger partial charge < -0.3 is 9.84 Å². The lowest BCUT2D eigenvalue weighted by Gasteiger charge is -2.28. The summed E-state index contributed by atoms with van der Waals surface area (Å²) in [5, 5.41) is 9.24. The average molecular weight is 333 g/mol. The Morgan fingerprint density at radius 1 is 1.48 bits per heavy atom. The van der Waals surface area contributed by atoms with Gasteiger partial charge in [0.2, 0.25) is 0 Å². The molecule has 21 heavy (non-hydrogen) atoms. The number of rotatable bonds is 6. The van der Waals surface area contributed by atoms with E-state index in [1.54, 1.807) is 12.1 Å². The first kappa shape index (κ1) is 16.4. The highest BCUT2D eigenvalue weighted by Gasteiger charge is 2.43. The zero-order chi connectivity index (χ0) is 15.6. The number of thiophene rings is 1. The minimum Gasteiger partial charge on any atom is -0.481 e. The van der Waals surface area contributed by atoms with Crippen LogP contribution in [0.5, 0.6) is 0 Å². The Balaban J connectivity index is 2.36. The lowest BCUT2D eigenvalue weighted by Crippen LogP contribution is -2.46. The van der Waals surface area contributed by atoms with Gasteiger partial charge in [-0.15, -0.1) is 11.3 Å². The Hall–Kier alpha value is -0.960. The van der Waals surface area contributed by atoms with Crippen molar-refractivity contribution < 1.29 is 23.1 Å². The van der Waals surface area contributed by atoms with Crippen molar-refractivity contribution in [2.24, 2.45) is 5.92 Å². The van der Waals surface area contributed by atoms with E-state index in [-0.39, 0.29) is 24.0 Å². The van der Waals surface area contributed by atoms with Crippen molar-refractivity contribution in [2.75, 3.05) is 19.8 Å². The maximum Gasteiger partial charge on any atom is 0.310 e. The van der Waals surface area contributed by atoms with Crippen LogP contribution in [0.4, 0.5) is 0 Å². The smallest absolute Gasteiger partial charge is 0.310 e. The summed E-state index contributed by atoms with van der Waals surface area (Å²) in [5.74, 6) is -1.83. The van der Waals surface area contributed by atoms with Crippen LogP contribution in [-0.4, -0.2) is 49.6 Å². The Morgan fingerprint density at radius 2 is 2.19 bits per heavy atom. The van der Waals surface area contributed by atoms with E-state index in [2.05, 4.69) is 0 Å². The SMILES string of the molecule is CCCN(C1COCC1C(=O)O)S(=O)(=O)c1ccc(C)s1. The Morgan fingerprint density at radius 3 is 2.71 bits per heavy atom. The molecule has 0 spiro atoms. The van der Waals surface area contributed by atoms with Crippen molar-refractivity contribution in [1.82, 2.24) is 4.31 Å². The predicted molar refractivity (Wildman–Crippen MR) is 79.0 cm³/mol. The van der Waals surface area contributed by atoms with Gasteiger partial charge in [0.1, 0.15) is 4.21 Å². The molecule has 1 aromatic rings. The summed E-state index contributed by atoms with van der Waals surface area (Å²) >= 11 is 1.20. The summed E-state index contributed by atoms with van der Waals surface area (Å²) in [7, 11) is -3.68. The summed E-state index contributed by atoms with van der Waals surface area (Å²) in [6, 6.07) is 2.68. The van der Waals surface area contributed by atoms with Crippen LogP contribution in [0.25, 0.3) is 0 Å². The van der Waals surface area contributed by atoms with Gasteiger partial charge in [-0.2, -0.15) is 4.31 Å². The van der Waals surface area contributed by atoms with Crippen LogP contribution >= 0.6 is 11.3 Å². The lowest BCUT2D eigenvalue weighted by atomic mass is 10.0. The molecule has 2 rings (SSSR count). The molecule has 2 unspecified atom stereocenters. The third-order valence-electron chi connectivity index (χ3n) is 3.46. The molecule has 0 radical (unpaired) electrons. The van der Waals surface area contributed by atoms with Crippen LogP contribution < -0.4 is 0 Å². The van der Waals surface area contributed by atoms with Crippen molar-refractivity contribution in [2.45, 2.75) is 30.5 Å². The van der Waals surface area contributed by atoms with E-state index in [1.807, 2.05) is 13.8 Å². The quantitative estimate of drug-likeness (QED) is 0.854. The molecule has 1 N–H and O–H groups in total. The van der Waals surface area contributed by atoms with E-state index in [4.69, 9.17) is 4.74 Å². The Bertz CT molecular complexity index is 610. The Labute approximate surface area is 128 Å². The number of aliphatic carboxylic acids is 1. The van der Waals surface area contributed by atoms with Crippen molar-refractivity contribution >= 4 is 27.3 Å². The highest BCUT2D eigenvalue weighted by molar-refractivity contribution is 7.91. The van der Waals surface area contributed by atoms with Crippen molar-refractivity contribution in [1.29, 1.82) is 0 Å². The van der Waals surface area contributed by atoms with Gasteiger partial charge in [-0.3, -0.25) is 4.79 Å². The standard InChI is InChI=1S/C13H19NO5S2/c1-3-6-14(11-8-19-7-10(11)13(15)16)21(17,18)12-5-4-9(2)20-12/h4-5,10-11H,3,6-8H2,1-2H3,(H,15,16). The number of carboxylic acid groups (broad SMARTS) is 1. The number of hydrogen-bond acceptors (Lipinski definition) is 5. The van der Waals surface area contributed by atoms with E-state index < -0.39 is 28.0 Å². The third kappa shape index (κ3) is 3.28. The fraction of sp³-hybridized carbons (Fsp3) is 0.615. The van der Waals surface area contributed by atoms with Crippen molar-refractivity contribution in [3.63, 3.8) is 0 Å². The molecule has 1 aromatic heterocycles. The second kappa shape index (κ2) is 6.43. The van der Waals surface area contributed by atoms with E-state index in [0.29, 0.717) is 6.42 Å². The van der Waals surface area contributed by atoms with E-state index in [9.17, 15) is 18.3 Å². The molecule has 0 aliphatic carbocycles. The first-order chi connectivity index (χ1) is 9.87. The number of aryl methyl sites for hydroxylation is 1. The molecule has 118 valence electrons. The van der Waals surface area contributed by atoms with Gasteiger partial charge in [0.15, 0.2) is 0 Å². The van der Waals surface area contributed by atoms with Crippen LogP contribution in [0.1, 0.15) is 18.2 Å². The molecule has 2 atom stereocenters. The summed E-state index contributed by atoms with van der Waals surface area (Å²) in [6.45, 7) is 4.18. The maximum atomic E-state index is 12.8. The number of nitrogens with zero attached hydrogens (tertiary/aromatic N) is 1. The third-order valence-corrected chi connectivity index (χ3v) is 6.85. The molecular formula is C13H19NO5S2. The topological polar surface area (TPSA) is 83.9 Å². The molecule has 0 amide bonds. The normalized spacial score (nSPS) is 22.8. The number of ether oxygens (including phenoxy) is 1. The first-order valence-electron chi connectivity index (χ1n) is 6.76. The molecule has 1 aliphatic rings. The lowest BCUT2D eigenvalue weighted by molar-refractivity contribution is -0.142. The van der Waals surface area contributed by atoms with Gasteiger partial charge in [-0.05, 0) is 25.5 Å². The van der Waals surface area contributed by atoms with Crippen LogP contribution in [0.2, 0.25) is 0 Å². The average Bonchev–Trinajstić information content (AvgIpc) is 3.04. The molecule has 0 saturated carbocycles.